The van der Waals surface area contributed by atoms with E-state index < -0.39 is 41.6 Å². The fourth-order valence-electron chi connectivity index (χ4n) is 4.76. The summed E-state index contributed by atoms with van der Waals surface area (Å²) in [6, 6.07) is 0. The number of imidazole rings is 6. The van der Waals surface area contributed by atoms with Crippen molar-refractivity contribution < 1.29 is 153 Å². The van der Waals surface area contributed by atoms with Crippen molar-refractivity contribution in [2.24, 2.45) is 35.2 Å². The van der Waals surface area contributed by atoms with Gasteiger partial charge in [-0.1, -0.05) is 22.9 Å². The van der Waals surface area contributed by atoms with E-state index >= 15 is 0 Å². The molecule has 436 valence electrons. The molecule has 1 aliphatic heterocycles. The van der Waals surface area contributed by atoms with Crippen molar-refractivity contribution in [1.29, 1.82) is 0 Å². The number of nitrogens with one attached hydrogen (secondary N) is 1. The van der Waals surface area contributed by atoms with E-state index in [9.17, 15) is 49.2 Å². The summed E-state index contributed by atoms with van der Waals surface area (Å²) in [5, 5.41) is 1.06. The molecule has 0 aromatic carbocycles. The number of rotatable bonds is 7. The number of hydrogen-bond donors (Lipinski definition) is 1. The molecule has 0 radical (unpaired) electrons. The molecule has 0 unspecified atom stereocenters. The van der Waals surface area contributed by atoms with E-state index in [-0.39, 0.29) is 85.3 Å². The molecule has 0 bridgehead atoms. The Morgan fingerprint density at radius 1 is 0.645 bits per heavy atom. The summed E-state index contributed by atoms with van der Waals surface area (Å²) in [5.74, 6) is 0. The maximum Gasteiger partial charge on any atom is 1.00 e. The standard InChI is InChI=1S/3C7H13N2.2C5H8N2.C4H6N2.C4H8O.C2H5Br.2BrH.2F2NO4S2.K/c2*1-4-9-5-7(2)8(3)6-9;1-4-9-6-8(3)5-7(9)2;1-5-3-7(2)4-6-5;1-5-3-6-4-7(5)2;1-4-2-5-3-6-4;1-2-4-5-3-1;1-2-3;;;2*1-8(4,5)3-9(2,6)7;/h3*5-6H,4H2,1-3H3;2*3-4H,1-2H3;2-3H,1H3,(H,5,6);1-4H2;2H2,1H3;2*1H;;;/q3*+1;;;;;;;;2*-1;+1/p-2. The Balaban J connectivity index is -0.000000180. The number of nitrogens with zero attached hydrogens (tertiary/aromatic N) is 13. The number of aromatic amines is 1. The van der Waals surface area contributed by atoms with Crippen LogP contribution in [0.1, 0.15) is 74.7 Å². The van der Waals surface area contributed by atoms with Gasteiger partial charge in [-0.25, -0.2) is 76.0 Å². The Bertz CT molecular complexity index is 2600. The van der Waals surface area contributed by atoms with Gasteiger partial charge < -0.3 is 61.1 Å². The summed E-state index contributed by atoms with van der Waals surface area (Å²) in [6.07, 6.45) is 26.0. The van der Waals surface area contributed by atoms with Gasteiger partial charge in [-0.15, -0.1) is 15.5 Å². The number of H-pyrrole nitrogens is 1. The van der Waals surface area contributed by atoms with Crippen LogP contribution in [0, 0.1) is 41.5 Å². The molecule has 23 nitrogen and oxygen atoms in total. The van der Waals surface area contributed by atoms with Gasteiger partial charge in [0.05, 0.1) is 65.5 Å². The predicted octanol–water partition coefficient (Wildman–Crippen LogP) is -3.11. The van der Waals surface area contributed by atoms with Gasteiger partial charge in [0.25, 0.3) is 0 Å². The van der Waals surface area contributed by atoms with Gasteiger partial charge in [0.15, 0.2) is 0 Å². The van der Waals surface area contributed by atoms with Crippen molar-refractivity contribution in [2.75, 3.05) is 18.5 Å². The Kier molecular flexibility index (Phi) is 50.9. The number of aromatic nitrogens is 12. The van der Waals surface area contributed by atoms with Gasteiger partial charge in [-0.05, 0) is 54.4 Å². The molecular formula is C41H74Br3F4KN14O9S4. The number of alkyl halides is 1. The average molecular weight is 1390 g/mol. The van der Waals surface area contributed by atoms with Gasteiger partial charge >= 0.3 is 51.4 Å². The minimum Gasteiger partial charge on any atom is -1.00 e. The maximum atomic E-state index is 11.1. The van der Waals surface area contributed by atoms with Gasteiger partial charge in [0.2, 0.25) is 60.6 Å². The molecule has 35 heteroatoms. The summed E-state index contributed by atoms with van der Waals surface area (Å²) in [5.41, 5.74) is 7.30. The van der Waals surface area contributed by atoms with Crippen LogP contribution < -0.4 is 99.0 Å². The third-order valence-electron chi connectivity index (χ3n) is 8.41. The zero-order valence-electron chi connectivity index (χ0n) is 45.9. The molecular weight excluding hydrogens is 1320 g/mol. The van der Waals surface area contributed by atoms with E-state index in [1.54, 1.807) is 25.2 Å². The number of halogens is 7. The first kappa shape index (κ1) is 85.0. The van der Waals surface area contributed by atoms with Gasteiger partial charge in [0.1, 0.15) is 35.7 Å². The van der Waals surface area contributed by atoms with E-state index in [1.807, 2.05) is 70.4 Å². The molecule has 0 spiro atoms. The number of ether oxygens (including phenoxy) is 1. The molecule has 7 rings (SSSR count). The second-order valence-electron chi connectivity index (χ2n) is 14.9. The molecule has 0 saturated carbocycles. The minimum atomic E-state index is -5.62. The van der Waals surface area contributed by atoms with E-state index in [0.717, 1.165) is 57.8 Å². The van der Waals surface area contributed by atoms with Gasteiger partial charge in [-0.3, -0.25) is 0 Å². The monoisotopic (exact) mass is 1390 g/mol. The van der Waals surface area contributed by atoms with E-state index in [1.165, 1.54) is 35.6 Å². The van der Waals surface area contributed by atoms with Gasteiger partial charge in [-0.2, -0.15) is 0 Å². The first-order chi connectivity index (χ1) is 33.5. The Hall–Kier alpha value is -2.26. The predicted molar refractivity (Wildman–Crippen MR) is 274 cm³/mol. The molecule has 76 heavy (non-hydrogen) atoms. The van der Waals surface area contributed by atoms with Crippen LogP contribution in [0.5, 0.6) is 0 Å². The topological polar surface area (TPSA) is 265 Å². The second kappa shape index (κ2) is 45.5. The van der Waals surface area contributed by atoms with E-state index in [4.69, 9.17) is 4.74 Å². The summed E-state index contributed by atoms with van der Waals surface area (Å²) >= 11 is 3.15. The molecule has 7 heterocycles. The quantitative estimate of drug-likeness (QED) is 0.0548. The minimum absolute atomic E-state index is 0. The van der Waals surface area contributed by atoms with Crippen molar-refractivity contribution in [1.82, 2.24) is 42.8 Å². The van der Waals surface area contributed by atoms with E-state index in [0.29, 0.717) is 0 Å². The summed E-state index contributed by atoms with van der Waals surface area (Å²) in [7, 11) is -12.4. The first-order valence-electron chi connectivity index (χ1n) is 21.8. The van der Waals surface area contributed by atoms with Gasteiger partial charge in [0, 0.05) is 83.4 Å². The normalized spacial score (nSPS) is 11.1. The van der Waals surface area contributed by atoms with Crippen molar-refractivity contribution in [3.63, 3.8) is 0 Å². The van der Waals surface area contributed by atoms with Crippen LogP contribution >= 0.6 is 15.9 Å². The number of aryl methyl sites for hydroxylation is 14. The van der Waals surface area contributed by atoms with Crippen LogP contribution in [0.25, 0.3) is 8.25 Å². The van der Waals surface area contributed by atoms with Crippen LogP contribution in [-0.2, 0) is 101 Å². The fraction of sp³-hybridized carbons (Fsp3) is 0.561. The largest absolute Gasteiger partial charge is 1.00 e. The molecule has 1 aliphatic rings. The Labute approximate surface area is 520 Å². The average Bonchev–Trinajstić information content (AvgIpc) is 4.13. The summed E-state index contributed by atoms with van der Waals surface area (Å²) < 4.78 is 142. The Morgan fingerprint density at radius 2 is 1.07 bits per heavy atom. The molecule has 0 atom stereocenters. The van der Waals surface area contributed by atoms with Crippen LogP contribution in [-0.4, -0.2) is 95.0 Å². The molecule has 6 aromatic rings. The third kappa shape index (κ3) is 52.4. The molecule has 1 saturated heterocycles. The van der Waals surface area contributed by atoms with Crippen LogP contribution in [0.15, 0.2) is 75.1 Å². The van der Waals surface area contributed by atoms with Crippen molar-refractivity contribution in [2.45, 2.75) is 102 Å². The maximum absolute atomic E-state index is 11.1. The molecule has 0 aliphatic carbocycles. The second-order valence-corrected chi connectivity index (χ2v) is 20.5. The van der Waals surface area contributed by atoms with Crippen molar-refractivity contribution >= 4 is 57.6 Å². The SMILES string of the molecule is C1CCOC1.CCBr.CC[n+]1cc(C)n(C)c1.CC[n+]1cc(C)n(C)c1.CCn1c[n+](C)cc1C.Cc1cn(C)cn1.Cc1cnc[nH]1.Cc1cncn1C.O=S(=O)(F)[N-]S(=O)(=O)F.O=S(=O)(F)[N-]S(=O)(=O)F.[Br-].[Br-].[K+]. The first-order valence-corrected chi connectivity index (χ1v) is 28.3. The smallest absolute Gasteiger partial charge is 1.00 e. The van der Waals surface area contributed by atoms with Crippen LogP contribution in [0.2, 0.25) is 0 Å². The third-order valence-corrected chi connectivity index (χ3v) is 11.3. The molecule has 6 aromatic heterocycles. The molecule has 1 fully saturated rings. The van der Waals surface area contributed by atoms with Crippen LogP contribution in [0.4, 0.5) is 15.5 Å². The van der Waals surface area contributed by atoms with Crippen LogP contribution in [0.3, 0.4) is 0 Å². The summed E-state index contributed by atoms with van der Waals surface area (Å²) in [4.78, 5) is 14.5. The zero-order chi connectivity index (χ0) is 57.2. The molecule has 0 amide bonds. The zero-order valence-corrected chi connectivity index (χ0v) is 57.0. The van der Waals surface area contributed by atoms with E-state index in [2.05, 4.69) is 156 Å². The van der Waals surface area contributed by atoms with Crippen molar-refractivity contribution in [3.8, 4) is 0 Å². The Morgan fingerprint density at radius 3 is 1.17 bits per heavy atom. The number of hydrogen-bond acceptors (Lipinski definition) is 12. The summed E-state index contributed by atoms with van der Waals surface area (Å²) in [6.45, 7) is 25.9. The molecule has 1 N–H and O–H groups in total. The fourth-order valence-corrected chi connectivity index (χ4v) is 6.46. The van der Waals surface area contributed by atoms with Crippen molar-refractivity contribution in [3.05, 3.63) is 118 Å².